The van der Waals surface area contributed by atoms with Crippen molar-refractivity contribution in [1.29, 1.82) is 0 Å². The molecule has 2 saturated heterocycles. The molecule has 2 fully saturated rings. The van der Waals surface area contributed by atoms with Gasteiger partial charge in [-0.3, -0.25) is 9.59 Å². The summed E-state index contributed by atoms with van der Waals surface area (Å²) in [5.41, 5.74) is 1.15. The van der Waals surface area contributed by atoms with Crippen molar-refractivity contribution < 1.29 is 14.3 Å². The minimum absolute atomic E-state index is 0.119. The van der Waals surface area contributed by atoms with E-state index in [2.05, 4.69) is 30.9 Å². The lowest BCUT2D eigenvalue weighted by Crippen LogP contribution is -2.50. The lowest BCUT2D eigenvalue weighted by atomic mass is 10.1. The van der Waals surface area contributed by atoms with E-state index in [1.165, 1.54) is 0 Å². The van der Waals surface area contributed by atoms with Crippen LogP contribution in [-0.2, 0) is 9.59 Å². The average Bonchev–Trinajstić information content (AvgIpc) is 3.01. The maximum absolute atomic E-state index is 12.8. The van der Waals surface area contributed by atoms with Gasteiger partial charge in [0.05, 0.1) is 13.0 Å². The zero-order chi connectivity index (χ0) is 18.7. The number of ether oxygens (including phenoxy) is 1. The molecule has 0 radical (unpaired) electrons. The van der Waals surface area contributed by atoms with E-state index >= 15 is 0 Å². The summed E-state index contributed by atoms with van der Waals surface area (Å²) < 4.78 is 5.20. The third-order valence-corrected chi connectivity index (χ3v) is 5.18. The van der Waals surface area contributed by atoms with Gasteiger partial charge in [-0.2, -0.15) is 0 Å². The Hall–Kier alpha value is -2.24. The highest BCUT2D eigenvalue weighted by Gasteiger charge is 2.37. The fourth-order valence-corrected chi connectivity index (χ4v) is 3.79. The number of likely N-dealkylation sites (tertiary alicyclic amines) is 1. The molecule has 0 saturated carbocycles. The molecule has 0 spiro atoms. The van der Waals surface area contributed by atoms with E-state index < -0.39 is 0 Å². The summed E-state index contributed by atoms with van der Waals surface area (Å²) in [6.07, 6.45) is 0.365. The molecule has 0 aromatic heterocycles. The molecule has 2 aliphatic heterocycles. The summed E-state index contributed by atoms with van der Waals surface area (Å²) in [5.74, 6) is 1.36. The molecular formula is C20H29N3O3. The van der Waals surface area contributed by atoms with Gasteiger partial charge in [0.2, 0.25) is 11.8 Å². The highest BCUT2D eigenvalue weighted by Crippen LogP contribution is 2.24. The SMILES string of the molecule is COc1ccc(N2CCN(C(=O)C3CC(=O)N(CC(C)C)C3)CC2)cc1. The first-order chi connectivity index (χ1) is 12.5. The normalized spacial score (nSPS) is 20.8. The van der Waals surface area contributed by atoms with E-state index in [1.54, 1.807) is 7.11 Å². The second kappa shape index (κ2) is 7.98. The lowest BCUT2D eigenvalue weighted by molar-refractivity contribution is -0.136. The molecule has 2 heterocycles. The van der Waals surface area contributed by atoms with Crippen molar-refractivity contribution in [3.8, 4) is 5.75 Å². The number of anilines is 1. The van der Waals surface area contributed by atoms with E-state index in [0.717, 1.165) is 31.1 Å². The third-order valence-electron chi connectivity index (χ3n) is 5.18. The molecule has 6 nitrogen and oxygen atoms in total. The number of piperazine rings is 1. The monoisotopic (exact) mass is 359 g/mol. The van der Waals surface area contributed by atoms with Crippen molar-refractivity contribution >= 4 is 17.5 Å². The fourth-order valence-electron chi connectivity index (χ4n) is 3.79. The van der Waals surface area contributed by atoms with Crippen LogP contribution in [0, 0.1) is 11.8 Å². The van der Waals surface area contributed by atoms with Crippen molar-refractivity contribution in [1.82, 2.24) is 9.80 Å². The number of hydrogen-bond donors (Lipinski definition) is 0. The van der Waals surface area contributed by atoms with E-state index in [0.29, 0.717) is 32.0 Å². The van der Waals surface area contributed by atoms with Crippen molar-refractivity contribution in [2.75, 3.05) is 51.3 Å². The van der Waals surface area contributed by atoms with Gasteiger partial charge in [-0.1, -0.05) is 13.8 Å². The van der Waals surface area contributed by atoms with Gasteiger partial charge in [0.1, 0.15) is 5.75 Å². The number of carbonyl (C=O) groups excluding carboxylic acids is 2. The molecule has 142 valence electrons. The molecule has 0 N–H and O–H groups in total. The van der Waals surface area contributed by atoms with Crippen LogP contribution in [0.15, 0.2) is 24.3 Å². The highest BCUT2D eigenvalue weighted by molar-refractivity contribution is 5.89. The van der Waals surface area contributed by atoms with E-state index in [-0.39, 0.29) is 17.7 Å². The van der Waals surface area contributed by atoms with E-state index in [4.69, 9.17) is 4.74 Å². The van der Waals surface area contributed by atoms with Crippen LogP contribution >= 0.6 is 0 Å². The van der Waals surface area contributed by atoms with Crippen LogP contribution in [0.3, 0.4) is 0 Å². The third kappa shape index (κ3) is 4.11. The number of rotatable bonds is 5. The van der Waals surface area contributed by atoms with Crippen LogP contribution in [-0.4, -0.2) is 68.0 Å². The first-order valence-electron chi connectivity index (χ1n) is 9.43. The summed E-state index contributed by atoms with van der Waals surface area (Å²) >= 11 is 0. The summed E-state index contributed by atoms with van der Waals surface area (Å²) in [4.78, 5) is 31.0. The minimum Gasteiger partial charge on any atom is -0.497 e. The maximum Gasteiger partial charge on any atom is 0.228 e. The molecule has 1 aromatic carbocycles. The predicted octanol–water partition coefficient (Wildman–Crippen LogP) is 1.85. The Morgan fingerprint density at radius 2 is 1.81 bits per heavy atom. The average molecular weight is 359 g/mol. The summed E-state index contributed by atoms with van der Waals surface area (Å²) in [6, 6.07) is 8.02. The van der Waals surface area contributed by atoms with Crippen molar-refractivity contribution in [2.45, 2.75) is 20.3 Å². The van der Waals surface area contributed by atoms with Gasteiger partial charge in [0.15, 0.2) is 0 Å². The smallest absolute Gasteiger partial charge is 0.228 e. The second-order valence-electron chi connectivity index (χ2n) is 7.60. The topological polar surface area (TPSA) is 53.1 Å². The van der Waals surface area contributed by atoms with Crippen LogP contribution in [0.1, 0.15) is 20.3 Å². The molecule has 1 atom stereocenters. The number of carbonyl (C=O) groups is 2. The van der Waals surface area contributed by atoms with Crippen LogP contribution in [0.2, 0.25) is 0 Å². The zero-order valence-corrected chi connectivity index (χ0v) is 16.0. The zero-order valence-electron chi connectivity index (χ0n) is 16.0. The molecular weight excluding hydrogens is 330 g/mol. The van der Waals surface area contributed by atoms with Gasteiger partial charge in [-0.25, -0.2) is 0 Å². The Morgan fingerprint density at radius 3 is 2.38 bits per heavy atom. The lowest BCUT2D eigenvalue weighted by Gasteiger charge is -2.37. The van der Waals surface area contributed by atoms with Crippen LogP contribution < -0.4 is 9.64 Å². The maximum atomic E-state index is 12.8. The number of amides is 2. The Bertz CT molecular complexity index is 636. The molecule has 2 aliphatic rings. The fraction of sp³-hybridized carbons (Fsp3) is 0.600. The van der Waals surface area contributed by atoms with Crippen molar-refractivity contribution in [3.63, 3.8) is 0 Å². The van der Waals surface area contributed by atoms with Gasteiger partial charge >= 0.3 is 0 Å². The molecule has 3 rings (SSSR count). The van der Waals surface area contributed by atoms with E-state index in [9.17, 15) is 9.59 Å². The standard InChI is InChI=1S/C20H29N3O3/c1-15(2)13-23-14-16(12-19(23)24)20(25)22-10-8-21(9-11-22)17-4-6-18(26-3)7-5-17/h4-7,15-16H,8-14H2,1-3H3. The quantitative estimate of drug-likeness (QED) is 0.805. The van der Waals surface area contributed by atoms with Crippen molar-refractivity contribution in [2.24, 2.45) is 11.8 Å². The number of benzene rings is 1. The molecule has 0 aliphatic carbocycles. The van der Waals surface area contributed by atoms with Gasteiger partial charge in [-0.15, -0.1) is 0 Å². The van der Waals surface area contributed by atoms with Gasteiger partial charge < -0.3 is 19.4 Å². The van der Waals surface area contributed by atoms with E-state index in [1.807, 2.05) is 21.9 Å². The highest BCUT2D eigenvalue weighted by atomic mass is 16.5. The minimum atomic E-state index is -0.172. The predicted molar refractivity (Wildman–Crippen MR) is 101 cm³/mol. The summed E-state index contributed by atoms with van der Waals surface area (Å²) in [5, 5.41) is 0. The Kier molecular flexibility index (Phi) is 5.69. The number of methoxy groups -OCH3 is 1. The summed E-state index contributed by atoms with van der Waals surface area (Å²) in [6.45, 7) is 8.56. The molecule has 1 aromatic rings. The van der Waals surface area contributed by atoms with Gasteiger partial charge in [0.25, 0.3) is 0 Å². The molecule has 6 heteroatoms. The number of hydrogen-bond acceptors (Lipinski definition) is 4. The summed E-state index contributed by atoms with van der Waals surface area (Å²) in [7, 11) is 1.66. The molecule has 1 unspecified atom stereocenters. The van der Waals surface area contributed by atoms with Crippen molar-refractivity contribution in [3.05, 3.63) is 24.3 Å². The number of nitrogens with zero attached hydrogens (tertiary/aromatic N) is 3. The molecule has 26 heavy (non-hydrogen) atoms. The second-order valence-corrected chi connectivity index (χ2v) is 7.60. The Morgan fingerprint density at radius 1 is 1.15 bits per heavy atom. The van der Waals surface area contributed by atoms with Gasteiger partial charge in [0, 0.05) is 51.4 Å². The molecule has 0 bridgehead atoms. The molecule has 2 amide bonds. The Labute approximate surface area is 155 Å². The largest absolute Gasteiger partial charge is 0.497 e. The first-order valence-corrected chi connectivity index (χ1v) is 9.43. The van der Waals surface area contributed by atoms with Crippen LogP contribution in [0.25, 0.3) is 0 Å². The Balaban J connectivity index is 1.53. The van der Waals surface area contributed by atoms with Crippen LogP contribution in [0.4, 0.5) is 5.69 Å². The first kappa shape index (κ1) is 18.5. The van der Waals surface area contributed by atoms with Crippen LogP contribution in [0.5, 0.6) is 5.75 Å². The van der Waals surface area contributed by atoms with Gasteiger partial charge in [-0.05, 0) is 30.2 Å².